The number of aryl methyl sites for hydroxylation is 3. The second-order valence-corrected chi connectivity index (χ2v) is 9.07. The van der Waals surface area contributed by atoms with E-state index in [2.05, 4.69) is 33.9 Å². The number of pyridine rings is 1. The lowest BCUT2D eigenvalue weighted by Gasteiger charge is -2.20. The fourth-order valence-electron chi connectivity index (χ4n) is 5.49. The summed E-state index contributed by atoms with van der Waals surface area (Å²) in [5, 5.41) is 15.7. The summed E-state index contributed by atoms with van der Waals surface area (Å²) in [5.74, 6) is -1.39. The summed E-state index contributed by atoms with van der Waals surface area (Å²) < 4.78 is 4.09. The minimum Gasteiger partial charge on any atom is -0.481 e. The summed E-state index contributed by atoms with van der Waals surface area (Å²) in [5.41, 5.74) is 8.23. The van der Waals surface area contributed by atoms with E-state index in [0.29, 0.717) is 6.42 Å². The van der Waals surface area contributed by atoms with E-state index in [0.717, 1.165) is 71.2 Å². The van der Waals surface area contributed by atoms with E-state index < -0.39 is 11.9 Å². The number of carboxylic acid groups (broad SMARTS) is 1. The number of aromatic nitrogens is 4. The second kappa shape index (κ2) is 8.50. The lowest BCUT2D eigenvalue weighted by molar-refractivity contribution is -0.139. The summed E-state index contributed by atoms with van der Waals surface area (Å²) in [4.78, 5) is 17.5. The zero-order valence-corrected chi connectivity index (χ0v) is 19.5. The first kappa shape index (κ1) is 21.4. The molecule has 0 saturated carbocycles. The van der Waals surface area contributed by atoms with E-state index in [-0.39, 0.29) is 0 Å². The lowest BCUT2D eigenvalue weighted by Crippen LogP contribution is -2.15. The number of aliphatic carboxylic acids is 1. The zero-order valence-electron chi connectivity index (χ0n) is 19.5. The van der Waals surface area contributed by atoms with Crippen molar-refractivity contribution in [3.05, 3.63) is 65.2 Å². The molecule has 1 unspecified atom stereocenters. The number of benzene rings is 1. The maximum Gasteiger partial charge on any atom is 0.311 e. The molecule has 1 atom stereocenters. The van der Waals surface area contributed by atoms with Gasteiger partial charge in [-0.1, -0.05) is 31.5 Å². The van der Waals surface area contributed by atoms with E-state index in [4.69, 9.17) is 4.98 Å². The molecule has 0 spiro atoms. The number of carboxylic acids is 1. The van der Waals surface area contributed by atoms with Crippen molar-refractivity contribution in [2.45, 2.75) is 58.3 Å². The number of carbonyl (C=O) groups is 1. The third-order valence-electron chi connectivity index (χ3n) is 6.86. The summed E-state index contributed by atoms with van der Waals surface area (Å²) in [6.07, 6.45) is 9.50. The van der Waals surface area contributed by atoms with Crippen molar-refractivity contribution in [1.29, 1.82) is 0 Å². The summed E-state index contributed by atoms with van der Waals surface area (Å²) in [6, 6.07) is 10.4. The van der Waals surface area contributed by atoms with Gasteiger partial charge in [-0.15, -0.1) is 0 Å². The van der Waals surface area contributed by atoms with Gasteiger partial charge in [-0.05, 0) is 62.3 Å². The average molecular weight is 443 g/mol. The molecule has 170 valence electrons. The molecular weight excluding hydrogens is 412 g/mol. The van der Waals surface area contributed by atoms with Gasteiger partial charge in [0, 0.05) is 46.8 Å². The van der Waals surface area contributed by atoms with Crippen molar-refractivity contribution in [3.63, 3.8) is 0 Å². The molecule has 0 saturated heterocycles. The van der Waals surface area contributed by atoms with Crippen molar-refractivity contribution < 1.29 is 9.90 Å². The molecule has 4 aromatic rings. The summed E-state index contributed by atoms with van der Waals surface area (Å²) >= 11 is 0. The van der Waals surface area contributed by atoms with Crippen LogP contribution in [0, 0.1) is 6.92 Å². The Balaban J connectivity index is 1.94. The molecule has 5 rings (SSSR count). The number of rotatable bonds is 6. The van der Waals surface area contributed by atoms with Gasteiger partial charge in [0.15, 0.2) is 0 Å². The largest absolute Gasteiger partial charge is 0.481 e. The van der Waals surface area contributed by atoms with Crippen molar-refractivity contribution in [2.24, 2.45) is 7.05 Å². The van der Waals surface area contributed by atoms with Crippen molar-refractivity contribution >= 4 is 17.0 Å². The molecule has 0 aliphatic heterocycles. The molecule has 0 fully saturated rings. The zero-order chi connectivity index (χ0) is 23.1. The van der Waals surface area contributed by atoms with Crippen LogP contribution in [-0.2, 0) is 24.7 Å². The van der Waals surface area contributed by atoms with Gasteiger partial charge in [0.05, 0.1) is 12.1 Å². The Labute approximate surface area is 193 Å². The molecule has 0 bridgehead atoms. The van der Waals surface area contributed by atoms with E-state index in [1.807, 2.05) is 39.4 Å². The smallest absolute Gasteiger partial charge is 0.311 e. The molecule has 1 aliphatic rings. The van der Waals surface area contributed by atoms with Crippen LogP contribution in [0.2, 0.25) is 0 Å². The molecule has 3 aromatic heterocycles. The fraction of sp³-hybridized carbons (Fsp3) is 0.370. The Kier molecular flexibility index (Phi) is 5.52. The standard InChI is InChI=1S/C27H30N4O2/c1-4-10-21(27(32)33)23-17(2)29-26-25(24(23)18-15-28-30(3)16-18)20-13-8-9-14-22(20)31(26)19-11-6-5-7-12-19/h5-7,11-12,15-16,21H,4,8-10,13-14H2,1-3H3,(H,32,33). The van der Waals surface area contributed by atoms with E-state index >= 15 is 0 Å². The predicted octanol–water partition coefficient (Wildman–Crippen LogP) is 5.58. The fourth-order valence-corrected chi connectivity index (χ4v) is 5.49. The van der Waals surface area contributed by atoms with Gasteiger partial charge in [-0.25, -0.2) is 4.98 Å². The van der Waals surface area contributed by atoms with Crippen LogP contribution in [-0.4, -0.2) is 30.4 Å². The molecule has 6 nitrogen and oxygen atoms in total. The van der Waals surface area contributed by atoms with E-state index in [1.165, 1.54) is 11.3 Å². The number of nitrogens with zero attached hydrogens (tertiary/aromatic N) is 4. The highest BCUT2D eigenvalue weighted by Crippen LogP contribution is 2.44. The first-order valence-corrected chi connectivity index (χ1v) is 11.8. The van der Waals surface area contributed by atoms with E-state index in [1.54, 1.807) is 4.68 Å². The van der Waals surface area contributed by atoms with Gasteiger partial charge in [0.25, 0.3) is 0 Å². The van der Waals surface area contributed by atoms with Crippen molar-refractivity contribution in [3.8, 4) is 16.8 Å². The van der Waals surface area contributed by atoms with Gasteiger partial charge in [0.1, 0.15) is 5.65 Å². The summed E-state index contributed by atoms with van der Waals surface area (Å²) in [6.45, 7) is 4.00. The highest BCUT2D eigenvalue weighted by Gasteiger charge is 2.32. The third kappa shape index (κ3) is 3.54. The highest BCUT2D eigenvalue weighted by atomic mass is 16.4. The van der Waals surface area contributed by atoms with Crippen LogP contribution in [0.15, 0.2) is 42.7 Å². The first-order chi connectivity index (χ1) is 16.0. The monoisotopic (exact) mass is 442 g/mol. The Bertz CT molecular complexity index is 1330. The average Bonchev–Trinajstić information content (AvgIpc) is 3.38. The van der Waals surface area contributed by atoms with Crippen LogP contribution in [0.5, 0.6) is 0 Å². The Morgan fingerprint density at radius 2 is 1.94 bits per heavy atom. The van der Waals surface area contributed by atoms with Crippen LogP contribution >= 0.6 is 0 Å². The molecule has 0 radical (unpaired) electrons. The lowest BCUT2D eigenvalue weighted by atomic mass is 9.84. The van der Waals surface area contributed by atoms with Crippen LogP contribution in [0.4, 0.5) is 0 Å². The molecule has 1 aliphatic carbocycles. The highest BCUT2D eigenvalue weighted by molar-refractivity contribution is 6.01. The van der Waals surface area contributed by atoms with Crippen LogP contribution in [0.3, 0.4) is 0 Å². The maximum absolute atomic E-state index is 12.4. The Morgan fingerprint density at radius 3 is 2.61 bits per heavy atom. The minimum atomic E-state index is -0.789. The Hall–Kier alpha value is -3.41. The predicted molar refractivity (Wildman–Crippen MR) is 130 cm³/mol. The number of hydrogen-bond donors (Lipinski definition) is 1. The van der Waals surface area contributed by atoms with Crippen LogP contribution in [0.25, 0.3) is 27.8 Å². The molecule has 1 N–H and O–H groups in total. The topological polar surface area (TPSA) is 72.9 Å². The van der Waals surface area contributed by atoms with Crippen molar-refractivity contribution in [1.82, 2.24) is 19.3 Å². The van der Waals surface area contributed by atoms with Gasteiger partial charge >= 0.3 is 5.97 Å². The van der Waals surface area contributed by atoms with Gasteiger partial charge < -0.3 is 5.11 Å². The Morgan fingerprint density at radius 1 is 1.18 bits per heavy atom. The normalized spacial score (nSPS) is 14.4. The maximum atomic E-state index is 12.4. The number of para-hydroxylation sites is 1. The second-order valence-electron chi connectivity index (χ2n) is 9.07. The first-order valence-electron chi connectivity index (χ1n) is 11.8. The van der Waals surface area contributed by atoms with Crippen LogP contribution < -0.4 is 0 Å². The quantitative estimate of drug-likeness (QED) is 0.423. The summed E-state index contributed by atoms with van der Waals surface area (Å²) in [7, 11) is 1.90. The van der Waals surface area contributed by atoms with Gasteiger partial charge in [-0.2, -0.15) is 5.10 Å². The van der Waals surface area contributed by atoms with Crippen LogP contribution in [0.1, 0.15) is 61.0 Å². The molecule has 33 heavy (non-hydrogen) atoms. The van der Waals surface area contributed by atoms with E-state index in [9.17, 15) is 9.90 Å². The molecule has 0 amide bonds. The molecule has 1 aromatic carbocycles. The molecule has 6 heteroatoms. The number of fused-ring (bicyclic) bond motifs is 3. The van der Waals surface area contributed by atoms with Gasteiger partial charge in [0.2, 0.25) is 0 Å². The molecular formula is C27H30N4O2. The van der Waals surface area contributed by atoms with Gasteiger partial charge in [-0.3, -0.25) is 14.0 Å². The SMILES string of the molecule is CCCC(C(=O)O)c1c(C)nc2c(c3c(n2-c2ccccc2)CCCC3)c1-c1cnn(C)c1. The van der Waals surface area contributed by atoms with Crippen molar-refractivity contribution in [2.75, 3.05) is 0 Å². The number of hydrogen-bond acceptors (Lipinski definition) is 3. The third-order valence-corrected chi connectivity index (χ3v) is 6.86. The minimum absolute atomic E-state index is 0.582. The molecule has 3 heterocycles.